The van der Waals surface area contributed by atoms with Crippen LogP contribution in [0.5, 0.6) is 17.2 Å². The molecule has 0 amide bonds. The van der Waals surface area contributed by atoms with Crippen LogP contribution in [-0.4, -0.2) is 43.3 Å². The average molecular weight is 453 g/mol. The summed E-state index contributed by atoms with van der Waals surface area (Å²) < 4.78 is 18.3. The van der Waals surface area contributed by atoms with E-state index in [4.69, 9.17) is 19.9 Å². The van der Waals surface area contributed by atoms with E-state index in [1.54, 1.807) is 30.9 Å². The van der Waals surface area contributed by atoms with Gasteiger partial charge < -0.3 is 29.4 Å². The van der Waals surface area contributed by atoms with E-state index in [2.05, 4.69) is 24.8 Å². The predicted octanol–water partition coefficient (Wildman–Crippen LogP) is 3.12. The van der Waals surface area contributed by atoms with Gasteiger partial charge in [0.05, 0.1) is 25.7 Å². The van der Waals surface area contributed by atoms with Crippen LogP contribution in [0.2, 0.25) is 0 Å². The molecule has 0 radical (unpaired) electrons. The number of methoxy groups -OCH3 is 2. The zero-order chi connectivity index (χ0) is 24.1. The van der Waals surface area contributed by atoms with E-state index in [-0.39, 0.29) is 17.0 Å². The Labute approximate surface area is 194 Å². The number of aryl methyl sites for hydroxylation is 1. The highest BCUT2D eigenvalue weighted by Gasteiger charge is 2.34. The quantitative estimate of drug-likeness (QED) is 0.623. The lowest BCUT2D eigenvalue weighted by Gasteiger charge is -2.28. The summed E-state index contributed by atoms with van der Waals surface area (Å²) in [4.78, 5) is 16.0. The first-order chi connectivity index (χ1) is 15.9. The van der Waals surface area contributed by atoms with Crippen molar-refractivity contribution in [1.29, 1.82) is 5.26 Å². The van der Waals surface area contributed by atoms with E-state index in [9.17, 15) is 10.1 Å². The molecule has 0 saturated heterocycles. The molecule has 0 aliphatic carbocycles. The molecule has 3 rings (SSSR count). The number of hydrogen-bond acceptors (Lipinski definition) is 7. The molecule has 8 heteroatoms. The molecule has 8 nitrogen and oxygen atoms in total. The normalized spacial score (nSPS) is 15.1. The molecule has 2 aromatic rings. The number of hydrogen-bond donors (Lipinski definition) is 1. The number of aromatic nitrogens is 1. The van der Waals surface area contributed by atoms with Crippen molar-refractivity contribution in [3.8, 4) is 23.3 Å². The standard InChI is InChI=1S/C25H32N4O4/c1-6-28(7-2)11-8-12-29-16(3)13-21-23(25(29)30)22(18(15-26)24(27)33-21)17-9-10-19(31-4)20(14-17)32-5/h9-10,13-14,22H,6-8,11-12,27H2,1-5H3/t22-/m0/s1. The summed E-state index contributed by atoms with van der Waals surface area (Å²) in [6.07, 6.45) is 0.839. The number of allylic oxidation sites excluding steroid dienone is 1. The van der Waals surface area contributed by atoms with Crippen molar-refractivity contribution >= 4 is 0 Å². The van der Waals surface area contributed by atoms with Gasteiger partial charge in [-0.05, 0) is 50.7 Å². The predicted molar refractivity (Wildman–Crippen MR) is 127 cm³/mol. The molecule has 0 fully saturated rings. The van der Waals surface area contributed by atoms with Crippen molar-refractivity contribution in [2.75, 3.05) is 33.9 Å². The van der Waals surface area contributed by atoms with Gasteiger partial charge in [0.25, 0.3) is 5.56 Å². The van der Waals surface area contributed by atoms with Crippen LogP contribution in [-0.2, 0) is 6.54 Å². The third kappa shape index (κ3) is 4.69. The summed E-state index contributed by atoms with van der Waals surface area (Å²) in [5.74, 6) is 0.782. The lowest BCUT2D eigenvalue weighted by Crippen LogP contribution is -2.33. The van der Waals surface area contributed by atoms with Crippen molar-refractivity contribution in [2.24, 2.45) is 5.73 Å². The second-order valence-corrected chi connectivity index (χ2v) is 7.94. The Bertz CT molecular complexity index is 1140. The lowest BCUT2D eigenvalue weighted by molar-refractivity contribution is 0.292. The Kier molecular flexibility index (Phi) is 7.67. The van der Waals surface area contributed by atoms with Gasteiger partial charge in [-0.25, -0.2) is 0 Å². The molecule has 176 valence electrons. The Morgan fingerprint density at radius 2 is 1.88 bits per heavy atom. The van der Waals surface area contributed by atoms with Gasteiger partial charge in [-0.15, -0.1) is 0 Å². The van der Waals surface area contributed by atoms with Gasteiger partial charge in [-0.2, -0.15) is 5.26 Å². The zero-order valence-corrected chi connectivity index (χ0v) is 20.0. The average Bonchev–Trinajstić information content (AvgIpc) is 2.82. The molecule has 0 bridgehead atoms. The summed E-state index contributed by atoms with van der Waals surface area (Å²) >= 11 is 0. The van der Waals surface area contributed by atoms with Crippen molar-refractivity contribution in [3.63, 3.8) is 0 Å². The first-order valence-electron chi connectivity index (χ1n) is 11.2. The molecule has 2 N–H and O–H groups in total. The fourth-order valence-corrected chi connectivity index (χ4v) is 4.32. The highest BCUT2D eigenvalue weighted by atomic mass is 16.5. The second kappa shape index (κ2) is 10.5. The van der Waals surface area contributed by atoms with E-state index >= 15 is 0 Å². The van der Waals surface area contributed by atoms with Crippen LogP contribution in [0, 0.1) is 18.3 Å². The Balaban J connectivity index is 2.11. The molecular formula is C25H32N4O4. The second-order valence-electron chi connectivity index (χ2n) is 7.94. The lowest BCUT2D eigenvalue weighted by atomic mass is 9.84. The number of pyridine rings is 1. The summed E-state index contributed by atoms with van der Waals surface area (Å²) in [7, 11) is 3.10. The van der Waals surface area contributed by atoms with Gasteiger partial charge in [0.2, 0.25) is 5.88 Å². The smallest absolute Gasteiger partial charge is 0.258 e. The summed E-state index contributed by atoms with van der Waals surface area (Å²) in [5.41, 5.74) is 8.02. The van der Waals surface area contributed by atoms with Gasteiger partial charge in [-0.1, -0.05) is 19.9 Å². The highest BCUT2D eigenvalue weighted by molar-refractivity contribution is 5.57. The van der Waals surface area contributed by atoms with Gasteiger partial charge in [0.1, 0.15) is 17.4 Å². The number of nitriles is 1. The minimum absolute atomic E-state index is 0.00266. The largest absolute Gasteiger partial charge is 0.493 e. The molecule has 2 heterocycles. The van der Waals surface area contributed by atoms with Gasteiger partial charge in [0.15, 0.2) is 11.5 Å². The van der Waals surface area contributed by atoms with Crippen LogP contribution in [0.3, 0.4) is 0 Å². The molecule has 0 unspecified atom stereocenters. The first-order valence-corrected chi connectivity index (χ1v) is 11.2. The Morgan fingerprint density at radius 3 is 2.48 bits per heavy atom. The minimum atomic E-state index is -0.666. The SMILES string of the molecule is CCN(CC)CCCn1c(C)cc2c(c1=O)[C@@H](c1ccc(OC)c(OC)c1)C(C#N)=C(N)O2. The van der Waals surface area contributed by atoms with E-state index < -0.39 is 5.92 Å². The number of fused-ring (bicyclic) bond motifs is 1. The van der Waals surface area contributed by atoms with E-state index in [0.717, 1.165) is 31.7 Å². The van der Waals surface area contributed by atoms with Crippen LogP contribution >= 0.6 is 0 Å². The molecule has 1 aromatic heterocycles. The number of nitrogens with two attached hydrogens (primary N) is 1. The van der Waals surface area contributed by atoms with Gasteiger partial charge in [0, 0.05) is 18.3 Å². The number of benzene rings is 1. The van der Waals surface area contributed by atoms with Gasteiger partial charge >= 0.3 is 0 Å². The molecule has 1 aromatic carbocycles. The van der Waals surface area contributed by atoms with Crippen molar-refractivity contribution in [2.45, 2.75) is 39.7 Å². The third-order valence-electron chi connectivity index (χ3n) is 6.18. The summed E-state index contributed by atoms with van der Waals surface area (Å²) in [6, 6.07) is 9.31. The Hall–Kier alpha value is -3.44. The Morgan fingerprint density at radius 1 is 1.18 bits per heavy atom. The van der Waals surface area contributed by atoms with Crippen LogP contribution in [0.25, 0.3) is 0 Å². The van der Waals surface area contributed by atoms with E-state index in [1.807, 2.05) is 19.1 Å². The third-order valence-corrected chi connectivity index (χ3v) is 6.18. The van der Waals surface area contributed by atoms with E-state index in [1.165, 1.54) is 0 Å². The monoisotopic (exact) mass is 452 g/mol. The number of ether oxygens (including phenoxy) is 3. The summed E-state index contributed by atoms with van der Waals surface area (Å²) in [6.45, 7) is 9.57. The maximum absolute atomic E-state index is 13.7. The topological polar surface area (TPSA) is 103 Å². The maximum Gasteiger partial charge on any atom is 0.258 e. The highest BCUT2D eigenvalue weighted by Crippen LogP contribution is 2.42. The fourth-order valence-electron chi connectivity index (χ4n) is 4.32. The number of nitrogens with zero attached hydrogens (tertiary/aromatic N) is 3. The molecule has 1 aliphatic heterocycles. The fraction of sp³-hybridized carbons (Fsp3) is 0.440. The molecular weight excluding hydrogens is 420 g/mol. The van der Waals surface area contributed by atoms with Crippen LogP contribution in [0.15, 0.2) is 40.5 Å². The molecule has 0 saturated carbocycles. The summed E-state index contributed by atoms with van der Waals surface area (Å²) in [5, 5.41) is 9.88. The molecule has 1 aliphatic rings. The first kappa shape index (κ1) is 24.2. The molecule has 0 spiro atoms. The van der Waals surface area contributed by atoms with Crippen molar-refractivity contribution in [3.05, 3.63) is 62.9 Å². The van der Waals surface area contributed by atoms with Crippen LogP contribution in [0.4, 0.5) is 0 Å². The molecule has 1 atom stereocenters. The van der Waals surface area contributed by atoms with Crippen molar-refractivity contribution in [1.82, 2.24) is 9.47 Å². The number of rotatable bonds is 9. The van der Waals surface area contributed by atoms with Crippen molar-refractivity contribution < 1.29 is 14.2 Å². The van der Waals surface area contributed by atoms with Crippen LogP contribution < -0.4 is 25.5 Å². The maximum atomic E-state index is 13.7. The zero-order valence-electron chi connectivity index (χ0n) is 20.0. The van der Waals surface area contributed by atoms with E-state index in [0.29, 0.717) is 34.9 Å². The van der Waals surface area contributed by atoms with Gasteiger partial charge in [-0.3, -0.25) is 4.79 Å². The minimum Gasteiger partial charge on any atom is -0.493 e. The molecule has 33 heavy (non-hydrogen) atoms. The van der Waals surface area contributed by atoms with Crippen LogP contribution in [0.1, 0.15) is 43.0 Å².